The van der Waals surface area contributed by atoms with Crippen LogP contribution in [0.5, 0.6) is 5.75 Å². The molecule has 16 heavy (non-hydrogen) atoms. The Morgan fingerprint density at radius 1 is 1.25 bits per heavy atom. The Labute approximate surface area is 103 Å². The normalized spacial score (nSPS) is 24.6. The average Bonchev–Trinajstić information content (AvgIpc) is 2.74. The second kappa shape index (κ2) is 5.58. The van der Waals surface area contributed by atoms with Gasteiger partial charge in [-0.2, -0.15) is 0 Å². The van der Waals surface area contributed by atoms with E-state index in [2.05, 4.69) is 31.2 Å². The highest BCUT2D eigenvalue weighted by Gasteiger charge is 2.23. The number of benzene rings is 1. The van der Waals surface area contributed by atoms with Gasteiger partial charge >= 0.3 is 0 Å². The lowest BCUT2D eigenvalue weighted by Crippen LogP contribution is -1.97. The number of hydrogen-bond donors (Lipinski definition) is 0. The first-order valence-corrected chi connectivity index (χ1v) is 6.60. The summed E-state index contributed by atoms with van der Waals surface area (Å²) >= 11 is 6.13. The zero-order valence-corrected chi connectivity index (χ0v) is 10.5. The zero-order chi connectivity index (χ0) is 11.4. The number of halogens is 1. The smallest absolute Gasteiger partial charge is 0.119 e. The SMILES string of the molecule is CCCOc1ccc(C2CCC(Cl)C2)cc1. The highest BCUT2D eigenvalue weighted by molar-refractivity contribution is 6.20. The van der Waals surface area contributed by atoms with E-state index in [0.717, 1.165) is 31.6 Å². The molecule has 2 heteroatoms. The monoisotopic (exact) mass is 238 g/mol. The van der Waals surface area contributed by atoms with Crippen molar-refractivity contribution in [2.45, 2.75) is 43.9 Å². The summed E-state index contributed by atoms with van der Waals surface area (Å²) in [5, 5.41) is 0.376. The molecule has 0 bridgehead atoms. The van der Waals surface area contributed by atoms with Gasteiger partial charge in [-0.1, -0.05) is 19.1 Å². The molecule has 0 aromatic heterocycles. The summed E-state index contributed by atoms with van der Waals surface area (Å²) in [6, 6.07) is 8.52. The fourth-order valence-corrected chi connectivity index (χ4v) is 2.63. The molecule has 1 saturated carbocycles. The van der Waals surface area contributed by atoms with Gasteiger partial charge in [0.05, 0.1) is 6.61 Å². The molecule has 2 rings (SSSR count). The molecule has 1 aromatic rings. The molecule has 2 unspecified atom stereocenters. The van der Waals surface area contributed by atoms with Crippen LogP contribution in [-0.4, -0.2) is 12.0 Å². The standard InChI is InChI=1S/C14H19ClO/c1-2-9-16-14-7-4-11(5-8-14)12-3-6-13(15)10-12/h4-5,7-8,12-13H,2-3,6,9-10H2,1H3. The Hall–Kier alpha value is -0.690. The first-order valence-electron chi connectivity index (χ1n) is 6.16. The zero-order valence-electron chi connectivity index (χ0n) is 9.79. The molecule has 0 aliphatic heterocycles. The van der Waals surface area contributed by atoms with E-state index >= 15 is 0 Å². The molecule has 0 heterocycles. The van der Waals surface area contributed by atoms with E-state index in [4.69, 9.17) is 16.3 Å². The molecule has 0 N–H and O–H groups in total. The van der Waals surface area contributed by atoms with Crippen molar-refractivity contribution in [1.82, 2.24) is 0 Å². The van der Waals surface area contributed by atoms with Gasteiger partial charge in [-0.15, -0.1) is 11.6 Å². The van der Waals surface area contributed by atoms with E-state index in [-0.39, 0.29) is 0 Å². The van der Waals surface area contributed by atoms with Gasteiger partial charge in [-0.3, -0.25) is 0 Å². The van der Waals surface area contributed by atoms with Crippen molar-refractivity contribution in [2.75, 3.05) is 6.61 Å². The van der Waals surface area contributed by atoms with Crippen LogP contribution in [0.25, 0.3) is 0 Å². The second-order valence-electron chi connectivity index (χ2n) is 4.52. The van der Waals surface area contributed by atoms with E-state index in [0.29, 0.717) is 11.3 Å². The number of alkyl halides is 1. The largest absolute Gasteiger partial charge is 0.494 e. The van der Waals surface area contributed by atoms with E-state index in [9.17, 15) is 0 Å². The first-order chi connectivity index (χ1) is 7.79. The lowest BCUT2D eigenvalue weighted by atomic mass is 9.98. The van der Waals surface area contributed by atoms with Crippen molar-refractivity contribution >= 4 is 11.6 Å². The van der Waals surface area contributed by atoms with Crippen molar-refractivity contribution in [1.29, 1.82) is 0 Å². The highest BCUT2D eigenvalue weighted by Crippen LogP contribution is 2.37. The lowest BCUT2D eigenvalue weighted by Gasteiger charge is -2.11. The summed E-state index contributed by atoms with van der Waals surface area (Å²) in [4.78, 5) is 0. The molecular formula is C14H19ClO. The van der Waals surface area contributed by atoms with E-state index < -0.39 is 0 Å². The third kappa shape index (κ3) is 2.91. The van der Waals surface area contributed by atoms with E-state index in [1.807, 2.05) is 0 Å². The Kier molecular flexibility index (Phi) is 4.11. The van der Waals surface area contributed by atoms with Crippen molar-refractivity contribution in [3.05, 3.63) is 29.8 Å². The minimum Gasteiger partial charge on any atom is -0.494 e. The summed E-state index contributed by atoms with van der Waals surface area (Å²) < 4.78 is 5.57. The Balaban J connectivity index is 1.96. The topological polar surface area (TPSA) is 9.23 Å². The number of hydrogen-bond acceptors (Lipinski definition) is 1. The fourth-order valence-electron chi connectivity index (χ4n) is 2.29. The Morgan fingerprint density at radius 3 is 2.56 bits per heavy atom. The van der Waals surface area contributed by atoms with Crippen molar-refractivity contribution in [3.8, 4) is 5.75 Å². The summed E-state index contributed by atoms with van der Waals surface area (Å²) in [6.45, 7) is 2.92. The van der Waals surface area contributed by atoms with E-state index in [1.54, 1.807) is 0 Å². The second-order valence-corrected chi connectivity index (χ2v) is 5.14. The molecule has 1 aromatic carbocycles. The maximum absolute atomic E-state index is 6.13. The van der Waals surface area contributed by atoms with Crippen LogP contribution in [0.3, 0.4) is 0 Å². The molecule has 0 radical (unpaired) electrons. The molecule has 1 aliphatic rings. The summed E-state index contributed by atoms with van der Waals surface area (Å²) in [5.74, 6) is 1.63. The lowest BCUT2D eigenvalue weighted by molar-refractivity contribution is 0.317. The minimum atomic E-state index is 0.376. The van der Waals surface area contributed by atoms with E-state index in [1.165, 1.54) is 12.0 Å². The van der Waals surface area contributed by atoms with Crippen LogP contribution in [0, 0.1) is 0 Å². The van der Waals surface area contributed by atoms with Crippen LogP contribution in [0.15, 0.2) is 24.3 Å². The van der Waals surface area contributed by atoms with Crippen LogP contribution in [0.2, 0.25) is 0 Å². The minimum absolute atomic E-state index is 0.376. The molecule has 1 fully saturated rings. The van der Waals surface area contributed by atoms with Crippen molar-refractivity contribution in [2.24, 2.45) is 0 Å². The summed E-state index contributed by atoms with van der Waals surface area (Å²) in [6.07, 6.45) is 4.55. The van der Waals surface area contributed by atoms with Crippen molar-refractivity contribution < 1.29 is 4.74 Å². The van der Waals surface area contributed by atoms with Gasteiger partial charge in [-0.05, 0) is 49.3 Å². The van der Waals surface area contributed by atoms with Crippen LogP contribution < -0.4 is 4.74 Å². The molecule has 0 spiro atoms. The van der Waals surface area contributed by atoms with Crippen LogP contribution in [-0.2, 0) is 0 Å². The van der Waals surface area contributed by atoms with Gasteiger partial charge in [0.15, 0.2) is 0 Å². The van der Waals surface area contributed by atoms with Gasteiger partial charge < -0.3 is 4.74 Å². The van der Waals surface area contributed by atoms with Crippen LogP contribution in [0.4, 0.5) is 0 Å². The molecule has 1 nitrogen and oxygen atoms in total. The molecular weight excluding hydrogens is 220 g/mol. The predicted molar refractivity (Wildman–Crippen MR) is 68.5 cm³/mol. The summed E-state index contributed by atoms with van der Waals surface area (Å²) in [5.41, 5.74) is 1.41. The van der Waals surface area contributed by atoms with Gasteiger partial charge in [0.2, 0.25) is 0 Å². The van der Waals surface area contributed by atoms with Gasteiger partial charge in [0.1, 0.15) is 5.75 Å². The average molecular weight is 239 g/mol. The third-order valence-electron chi connectivity index (χ3n) is 3.19. The Bertz CT molecular complexity index is 320. The molecule has 1 aliphatic carbocycles. The molecule has 0 saturated heterocycles. The van der Waals surface area contributed by atoms with Crippen molar-refractivity contribution in [3.63, 3.8) is 0 Å². The molecule has 0 amide bonds. The van der Waals surface area contributed by atoms with Crippen LogP contribution in [0.1, 0.15) is 44.1 Å². The molecule has 88 valence electrons. The number of ether oxygens (including phenoxy) is 1. The van der Waals surface area contributed by atoms with Crippen LogP contribution >= 0.6 is 11.6 Å². The predicted octanol–water partition coefficient (Wildman–Crippen LogP) is 4.35. The quantitative estimate of drug-likeness (QED) is 0.709. The first kappa shape index (κ1) is 11.8. The number of rotatable bonds is 4. The highest BCUT2D eigenvalue weighted by atomic mass is 35.5. The molecule has 2 atom stereocenters. The third-order valence-corrected chi connectivity index (χ3v) is 3.59. The maximum atomic E-state index is 6.13. The maximum Gasteiger partial charge on any atom is 0.119 e. The van der Waals surface area contributed by atoms with Gasteiger partial charge in [0.25, 0.3) is 0 Å². The summed E-state index contributed by atoms with van der Waals surface area (Å²) in [7, 11) is 0. The van der Waals surface area contributed by atoms with Gasteiger partial charge in [0, 0.05) is 5.38 Å². The fraction of sp³-hybridized carbons (Fsp3) is 0.571. The Morgan fingerprint density at radius 2 is 2.00 bits per heavy atom. The van der Waals surface area contributed by atoms with Gasteiger partial charge in [-0.25, -0.2) is 0 Å².